The molecule has 0 aromatic heterocycles. The Balaban J connectivity index is 1.41. The van der Waals surface area contributed by atoms with Crippen LogP contribution in [-0.2, 0) is 11.3 Å². The van der Waals surface area contributed by atoms with E-state index in [0.717, 1.165) is 28.1 Å². The van der Waals surface area contributed by atoms with Gasteiger partial charge in [0.05, 0.1) is 0 Å². The zero-order valence-corrected chi connectivity index (χ0v) is 15.4. The van der Waals surface area contributed by atoms with Crippen molar-refractivity contribution in [1.29, 1.82) is 0 Å². The van der Waals surface area contributed by atoms with Crippen molar-refractivity contribution in [2.24, 2.45) is 0 Å². The number of likely N-dealkylation sites (N-methyl/N-ethyl adjacent to an activating group) is 1. The van der Waals surface area contributed by atoms with Crippen LogP contribution in [-0.4, -0.2) is 25.8 Å². The first-order chi connectivity index (χ1) is 13.1. The molecule has 5 heteroatoms. The second kappa shape index (κ2) is 7.19. The molecule has 0 unspecified atom stereocenters. The summed E-state index contributed by atoms with van der Waals surface area (Å²) in [5.41, 5.74) is 1.99. The molecule has 1 heterocycles. The summed E-state index contributed by atoms with van der Waals surface area (Å²) in [7, 11) is 1.94. The van der Waals surface area contributed by atoms with Crippen LogP contribution < -0.4 is 19.7 Å². The Morgan fingerprint density at radius 3 is 2.67 bits per heavy atom. The molecule has 4 rings (SSSR count). The van der Waals surface area contributed by atoms with Gasteiger partial charge in [0.25, 0.3) is 0 Å². The highest BCUT2D eigenvalue weighted by molar-refractivity contribution is 5.88. The predicted molar refractivity (Wildman–Crippen MR) is 106 cm³/mol. The van der Waals surface area contributed by atoms with Gasteiger partial charge in [0.15, 0.2) is 11.5 Å². The van der Waals surface area contributed by atoms with Crippen molar-refractivity contribution in [3.05, 3.63) is 66.2 Å². The number of carbonyl (C=O) groups excluding carboxylic acids is 1. The monoisotopic (exact) mass is 362 g/mol. The number of benzene rings is 3. The SMILES string of the molecule is C[C@@H](C(=O)NCc1ccc2c(c1)OCO2)N(C)c1ccc2ccccc2c1. The maximum absolute atomic E-state index is 12.6. The number of rotatable bonds is 5. The first-order valence-corrected chi connectivity index (χ1v) is 9.00. The second-order valence-electron chi connectivity index (χ2n) is 6.72. The molecule has 138 valence electrons. The van der Waals surface area contributed by atoms with Crippen LogP contribution in [0.4, 0.5) is 5.69 Å². The maximum Gasteiger partial charge on any atom is 0.242 e. The highest BCUT2D eigenvalue weighted by atomic mass is 16.7. The van der Waals surface area contributed by atoms with Gasteiger partial charge >= 0.3 is 0 Å². The van der Waals surface area contributed by atoms with Crippen molar-refractivity contribution >= 4 is 22.4 Å². The molecule has 0 bridgehead atoms. The Morgan fingerprint density at radius 1 is 1.04 bits per heavy atom. The van der Waals surface area contributed by atoms with Crippen molar-refractivity contribution in [2.75, 3.05) is 18.7 Å². The molecule has 0 saturated heterocycles. The molecular formula is C22H22N2O3. The van der Waals surface area contributed by atoms with Gasteiger partial charge in [-0.15, -0.1) is 0 Å². The van der Waals surface area contributed by atoms with Crippen LogP contribution in [0.25, 0.3) is 10.8 Å². The lowest BCUT2D eigenvalue weighted by molar-refractivity contribution is -0.122. The molecule has 1 aliphatic rings. The number of carbonyl (C=O) groups is 1. The molecule has 0 saturated carbocycles. The van der Waals surface area contributed by atoms with E-state index in [-0.39, 0.29) is 18.7 Å². The normalized spacial score (nSPS) is 13.4. The predicted octanol–water partition coefficient (Wildman–Crippen LogP) is 3.71. The molecule has 3 aromatic rings. The van der Waals surface area contributed by atoms with Crippen LogP contribution >= 0.6 is 0 Å². The summed E-state index contributed by atoms with van der Waals surface area (Å²) in [6, 6.07) is 19.9. The van der Waals surface area contributed by atoms with E-state index in [4.69, 9.17) is 9.47 Å². The summed E-state index contributed by atoms with van der Waals surface area (Å²) in [6.45, 7) is 2.61. The van der Waals surface area contributed by atoms with Crippen molar-refractivity contribution in [3.8, 4) is 11.5 Å². The number of amides is 1. The summed E-state index contributed by atoms with van der Waals surface area (Å²) in [6.07, 6.45) is 0. The molecule has 1 amide bonds. The minimum absolute atomic E-state index is 0.0247. The lowest BCUT2D eigenvalue weighted by Crippen LogP contribution is -2.43. The summed E-state index contributed by atoms with van der Waals surface area (Å²) >= 11 is 0. The first kappa shape index (κ1) is 17.2. The fourth-order valence-electron chi connectivity index (χ4n) is 3.18. The minimum Gasteiger partial charge on any atom is -0.454 e. The quantitative estimate of drug-likeness (QED) is 0.752. The smallest absolute Gasteiger partial charge is 0.242 e. The number of anilines is 1. The average Bonchev–Trinajstić information content (AvgIpc) is 3.18. The van der Waals surface area contributed by atoms with Gasteiger partial charge in [-0.25, -0.2) is 0 Å². The first-order valence-electron chi connectivity index (χ1n) is 9.00. The third-order valence-electron chi connectivity index (χ3n) is 5.00. The van der Waals surface area contributed by atoms with Crippen LogP contribution in [0.2, 0.25) is 0 Å². The molecule has 0 fully saturated rings. The van der Waals surface area contributed by atoms with Gasteiger partial charge in [-0.2, -0.15) is 0 Å². The number of hydrogen-bond donors (Lipinski definition) is 1. The minimum atomic E-state index is -0.292. The van der Waals surface area contributed by atoms with E-state index in [2.05, 4.69) is 29.6 Å². The molecule has 3 aromatic carbocycles. The highest BCUT2D eigenvalue weighted by Gasteiger charge is 2.19. The molecule has 5 nitrogen and oxygen atoms in total. The van der Waals surface area contributed by atoms with Crippen LogP contribution in [0.15, 0.2) is 60.7 Å². The number of fused-ring (bicyclic) bond motifs is 2. The van der Waals surface area contributed by atoms with Crippen LogP contribution in [0.5, 0.6) is 11.5 Å². The van der Waals surface area contributed by atoms with E-state index >= 15 is 0 Å². The molecule has 27 heavy (non-hydrogen) atoms. The van der Waals surface area contributed by atoms with E-state index in [1.54, 1.807) is 0 Å². The van der Waals surface area contributed by atoms with Gasteiger partial charge < -0.3 is 19.7 Å². The van der Waals surface area contributed by atoms with E-state index in [9.17, 15) is 4.79 Å². The molecule has 0 aliphatic carbocycles. The number of ether oxygens (including phenoxy) is 2. The van der Waals surface area contributed by atoms with Crippen molar-refractivity contribution in [3.63, 3.8) is 0 Å². The molecule has 1 N–H and O–H groups in total. The lowest BCUT2D eigenvalue weighted by atomic mass is 10.1. The van der Waals surface area contributed by atoms with Gasteiger partial charge in [-0.05, 0) is 47.5 Å². The zero-order valence-electron chi connectivity index (χ0n) is 15.4. The van der Waals surface area contributed by atoms with Gasteiger partial charge in [0, 0.05) is 19.3 Å². The summed E-state index contributed by atoms with van der Waals surface area (Å²) in [4.78, 5) is 14.6. The molecule has 1 aliphatic heterocycles. The van der Waals surface area contributed by atoms with Gasteiger partial charge in [0.2, 0.25) is 12.7 Å². The van der Waals surface area contributed by atoms with Gasteiger partial charge in [-0.3, -0.25) is 4.79 Å². The number of hydrogen-bond acceptors (Lipinski definition) is 4. The van der Waals surface area contributed by atoms with Crippen molar-refractivity contribution < 1.29 is 14.3 Å². The summed E-state index contributed by atoms with van der Waals surface area (Å²) in [5.74, 6) is 1.45. The summed E-state index contributed by atoms with van der Waals surface area (Å²) < 4.78 is 10.7. The Kier molecular flexibility index (Phi) is 4.59. The Hall–Kier alpha value is -3.21. The topological polar surface area (TPSA) is 50.8 Å². The molecule has 0 spiro atoms. The Morgan fingerprint density at radius 2 is 1.81 bits per heavy atom. The Bertz CT molecular complexity index is 986. The second-order valence-corrected chi connectivity index (χ2v) is 6.72. The van der Waals surface area contributed by atoms with Crippen LogP contribution in [0.3, 0.4) is 0 Å². The van der Waals surface area contributed by atoms with Crippen LogP contribution in [0, 0.1) is 0 Å². The molecule has 1 atom stereocenters. The van der Waals surface area contributed by atoms with Crippen molar-refractivity contribution in [1.82, 2.24) is 5.32 Å². The van der Waals surface area contributed by atoms with Crippen LogP contribution in [0.1, 0.15) is 12.5 Å². The van der Waals surface area contributed by atoms with Gasteiger partial charge in [0.1, 0.15) is 6.04 Å². The van der Waals surface area contributed by atoms with E-state index in [0.29, 0.717) is 6.54 Å². The van der Waals surface area contributed by atoms with E-state index in [1.165, 1.54) is 5.39 Å². The zero-order chi connectivity index (χ0) is 18.8. The fraction of sp³-hybridized carbons (Fsp3) is 0.227. The van der Waals surface area contributed by atoms with Gasteiger partial charge in [-0.1, -0.05) is 36.4 Å². The highest BCUT2D eigenvalue weighted by Crippen LogP contribution is 2.32. The average molecular weight is 362 g/mol. The largest absolute Gasteiger partial charge is 0.454 e. The molecular weight excluding hydrogens is 340 g/mol. The van der Waals surface area contributed by atoms with E-state index < -0.39 is 0 Å². The van der Waals surface area contributed by atoms with E-state index in [1.807, 2.05) is 55.3 Å². The molecule has 0 radical (unpaired) electrons. The standard InChI is InChI=1S/C22H22N2O3/c1-15(24(2)19-9-8-17-5-3-4-6-18(17)12-19)22(25)23-13-16-7-10-20-21(11-16)27-14-26-20/h3-12,15H,13-14H2,1-2H3,(H,23,25)/t15-/m0/s1. The third-order valence-corrected chi connectivity index (χ3v) is 5.00. The fourth-order valence-corrected chi connectivity index (χ4v) is 3.18. The maximum atomic E-state index is 12.6. The number of nitrogens with one attached hydrogen (secondary N) is 1. The number of nitrogens with zero attached hydrogens (tertiary/aromatic N) is 1. The third kappa shape index (κ3) is 3.53. The van der Waals surface area contributed by atoms with Crippen molar-refractivity contribution in [2.45, 2.75) is 19.5 Å². The Labute approximate surface area is 158 Å². The lowest BCUT2D eigenvalue weighted by Gasteiger charge is -2.26. The summed E-state index contributed by atoms with van der Waals surface area (Å²) in [5, 5.41) is 5.35.